The second-order valence-electron chi connectivity index (χ2n) is 6.61. The van der Waals surface area contributed by atoms with Gasteiger partial charge in [-0.3, -0.25) is 14.6 Å². The lowest BCUT2D eigenvalue weighted by atomic mass is 9.97. The van der Waals surface area contributed by atoms with Gasteiger partial charge in [-0.15, -0.1) is 0 Å². The predicted octanol–water partition coefficient (Wildman–Crippen LogP) is 2.29. The van der Waals surface area contributed by atoms with Gasteiger partial charge in [-0.2, -0.15) is 0 Å². The maximum atomic E-state index is 12.9. The fourth-order valence-corrected chi connectivity index (χ4v) is 3.27. The standard InChI is InChI=1S/C20H23N3O3/c1-20(19(25)22-13-15-6-5-11-21-12-15)10-9-18(24)23(20)14-16-7-3-4-8-17(16)26-2/h3-8,11-12H,9-10,13-14H2,1-2H3,(H,22,25)/t20-/m0/s1. The summed E-state index contributed by atoms with van der Waals surface area (Å²) < 4.78 is 5.38. The molecule has 0 spiro atoms. The molecule has 0 unspecified atom stereocenters. The molecule has 136 valence electrons. The van der Waals surface area contributed by atoms with Crippen molar-refractivity contribution in [2.24, 2.45) is 0 Å². The first-order valence-electron chi connectivity index (χ1n) is 8.64. The van der Waals surface area contributed by atoms with E-state index < -0.39 is 5.54 Å². The van der Waals surface area contributed by atoms with Gasteiger partial charge in [-0.05, 0) is 31.0 Å². The van der Waals surface area contributed by atoms with Crippen LogP contribution in [0, 0.1) is 0 Å². The van der Waals surface area contributed by atoms with Crippen LogP contribution in [0.15, 0.2) is 48.8 Å². The maximum Gasteiger partial charge on any atom is 0.245 e. The van der Waals surface area contributed by atoms with Gasteiger partial charge in [0.2, 0.25) is 11.8 Å². The Morgan fingerprint density at radius 2 is 2.12 bits per heavy atom. The van der Waals surface area contributed by atoms with Crippen molar-refractivity contribution in [3.63, 3.8) is 0 Å². The maximum absolute atomic E-state index is 12.9. The normalized spacial score (nSPS) is 19.5. The Balaban J connectivity index is 1.75. The van der Waals surface area contributed by atoms with Gasteiger partial charge < -0.3 is 15.0 Å². The molecule has 0 bridgehead atoms. The summed E-state index contributed by atoms with van der Waals surface area (Å²) in [6, 6.07) is 11.3. The molecule has 1 fully saturated rings. The number of ether oxygens (including phenoxy) is 1. The molecule has 1 N–H and O–H groups in total. The van der Waals surface area contributed by atoms with Crippen LogP contribution in [-0.4, -0.2) is 34.3 Å². The highest BCUT2D eigenvalue weighted by Gasteiger charge is 2.47. The van der Waals surface area contributed by atoms with Crippen molar-refractivity contribution in [2.75, 3.05) is 7.11 Å². The number of aromatic nitrogens is 1. The molecular formula is C20H23N3O3. The van der Waals surface area contributed by atoms with Crippen LogP contribution in [0.5, 0.6) is 5.75 Å². The lowest BCUT2D eigenvalue weighted by molar-refractivity contribution is -0.141. The number of nitrogens with one attached hydrogen (secondary N) is 1. The van der Waals surface area contributed by atoms with Gasteiger partial charge in [-0.1, -0.05) is 24.3 Å². The minimum Gasteiger partial charge on any atom is -0.496 e. The molecule has 1 saturated heterocycles. The Hall–Kier alpha value is -2.89. The number of carbonyl (C=O) groups excluding carboxylic acids is 2. The molecule has 3 rings (SSSR count). The summed E-state index contributed by atoms with van der Waals surface area (Å²) in [4.78, 5) is 31.1. The number of carbonyl (C=O) groups is 2. The predicted molar refractivity (Wildman–Crippen MR) is 97.3 cm³/mol. The number of para-hydroxylation sites is 1. The van der Waals surface area contributed by atoms with Crippen LogP contribution in [-0.2, 0) is 22.7 Å². The Bertz CT molecular complexity index is 794. The molecule has 2 heterocycles. The van der Waals surface area contributed by atoms with Crippen LogP contribution in [0.25, 0.3) is 0 Å². The number of nitrogens with zero attached hydrogens (tertiary/aromatic N) is 2. The second-order valence-corrected chi connectivity index (χ2v) is 6.61. The monoisotopic (exact) mass is 353 g/mol. The molecule has 26 heavy (non-hydrogen) atoms. The number of likely N-dealkylation sites (tertiary alicyclic amines) is 1. The van der Waals surface area contributed by atoms with Gasteiger partial charge in [0.25, 0.3) is 0 Å². The van der Waals surface area contributed by atoms with Crippen molar-refractivity contribution in [1.29, 1.82) is 0 Å². The zero-order valence-electron chi connectivity index (χ0n) is 15.1. The number of hydrogen-bond acceptors (Lipinski definition) is 4. The van der Waals surface area contributed by atoms with Crippen molar-refractivity contribution >= 4 is 11.8 Å². The molecule has 1 aliphatic rings. The zero-order chi connectivity index (χ0) is 18.6. The van der Waals surface area contributed by atoms with Gasteiger partial charge >= 0.3 is 0 Å². The fourth-order valence-electron chi connectivity index (χ4n) is 3.27. The molecule has 0 saturated carbocycles. The number of pyridine rings is 1. The van der Waals surface area contributed by atoms with E-state index in [2.05, 4.69) is 10.3 Å². The van der Waals surface area contributed by atoms with Crippen LogP contribution in [0.2, 0.25) is 0 Å². The molecular weight excluding hydrogens is 330 g/mol. The first-order valence-corrected chi connectivity index (χ1v) is 8.64. The number of hydrogen-bond donors (Lipinski definition) is 1. The summed E-state index contributed by atoms with van der Waals surface area (Å²) in [6.07, 6.45) is 4.28. The third kappa shape index (κ3) is 3.54. The van der Waals surface area contributed by atoms with Gasteiger partial charge in [0.05, 0.1) is 13.7 Å². The van der Waals surface area contributed by atoms with Gasteiger partial charge in [-0.25, -0.2) is 0 Å². The van der Waals surface area contributed by atoms with Crippen LogP contribution in [0.1, 0.15) is 30.9 Å². The lowest BCUT2D eigenvalue weighted by Gasteiger charge is -2.34. The highest BCUT2D eigenvalue weighted by atomic mass is 16.5. The summed E-state index contributed by atoms with van der Waals surface area (Å²) in [5.41, 5.74) is 0.932. The molecule has 1 aromatic carbocycles. The molecule has 1 aliphatic heterocycles. The molecule has 1 atom stereocenters. The van der Waals surface area contributed by atoms with E-state index in [1.165, 1.54) is 0 Å². The summed E-state index contributed by atoms with van der Waals surface area (Å²) in [6.45, 7) is 2.56. The summed E-state index contributed by atoms with van der Waals surface area (Å²) >= 11 is 0. The van der Waals surface area contributed by atoms with Gasteiger partial charge in [0.1, 0.15) is 11.3 Å². The van der Waals surface area contributed by atoms with E-state index in [0.717, 1.165) is 11.1 Å². The minimum absolute atomic E-state index is 0.0186. The molecule has 0 aliphatic carbocycles. The number of methoxy groups -OCH3 is 1. The molecule has 6 nitrogen and oxygen atoms in total. The average molecular weight is 353 g/mol. The van der Waals surface area contributed by atoms with E-state index in [9.17, 15) is 9.59 Å². The quantitative estimate of drug-likeness (QED) is 0.865. The molecule has 6 heteroatoms. The van der Waals surface area contributed by atoms with Crippen LogP contribution in [0.3, 0.4) is 0 Å². The van der Waals surface area contributed by atoms with E-state index in [1.54, 1.807) is 24.4 Å². The highest BCUT2D eigenvalue weighted by Crippen LogP contribution is 2.33. The Morgan fingerprint density at radius 1 is 1.31 bits per heavy atom. The van der Waals surface area contributed by atoms with E-state index in [-0.39, 0.29) is 11.8 Å². The zero-order valence-corrected chi connectivity index (χ0v) is 15.1. The van der Waals surface area contributed by atoms with Crippen LogP contribution in [0.4, 0.5) is 0 Å². The lowest BCUT2D eigenvalue weighted by Crippen LogP contribution is -2.53. The Labute approximate surface area is 153 Å². The fraction of sp³-hybridized carbons (Fsp3) is 0.350. The Morgan fingerprint density at radius 3 is 2.85 bits per heavy atom. The molecule has 2 amide bonds. The molecule has 0 radical (unpaired) electrons. The summed E-state index contributed by atoms with van der Waals surface area (Å²) in [5, 5.41) is 2.94. The van der Waals surface area contributed by atoms with Gasteiger partial charge in [0, 0.05) is 30.9 Å². The summed E-state index contributed by atoms with van der Waals surface area (Å²) in [5.74, 6) is 0.544. The number of rotatable bonds is 6. The van der Waals surface area contributed by atoms with E-state index in [1.807, 2.05) is 43.3 Å². The second kappa shape index (κ2) is 7.56. The molecule has 2 aromatic rings. The number of amides is 2. The first-order chi connectivity index (χ1) is 12.5. The van der Waals surface area contributed by atoms with Gasteiger partial charge in [0.15, 0.2) is 0 Å². The van der Waals surface area contributed by atoms with E-state index >= 15 is 0 Å². The van der Waals surface area contributed by atoms with Crippen molar-refractivity contribution < 1.29 is 14.3 Å². The molecule has 1 aromatic heterocycles. The number of benzene rings is 1. The van der Waals surface area contributed by atoms with Crippen molar-refractivity contribution in [2.45, 2.75) is 38.4 Å². The topological polar surface area (TPSA) is 71.5 Å². The van der Waals surface area contributed by atoms with Crippen molar-refractivity contribution in [3.05, 3.63) is 59.9 Å². The smallest absolute Gasteiger partial charge is 0.245 e. The van der Waals surface area contributed by atoms with E-state index in [0.29, 0.717) is 31.7 Å². The minimum atomic E-state index is -0.875. The SMILES string of the molecule is COc1ccccc1CN1C(=O)CC[C@@]1(C)C(=O)NCc1cccnc1. The third-order valence-corrected chi connectivity index (χ3v) is 4.91. The largest absolute Gasteiger partial charge is 0.496 e. The van der Waals surface area contributed by atoms with Crippen molar-refractivity contribution in [3.8, 4) is 5.75 Å². The first kappa shape index (κ1) is 17.9. The highest BCUT2D eigenvalue weighted by molar-refractivity contribution is 5.94. The van der Waals surface area contributed by atoms with Crippen LogP contribution < -0.4 is 10.1 Å². The van der Waals surface area contributed by atoms with Crippen LogP contribution >= 0.6 is 0 Å². The summed E-state index contributed by atoms with van der Waals surface area (Å²) in [7, 11) is 1.60. The third-order valence-electron chi connectivity index (χ3n) is 4.91. The van der Waals surface area contributed by atoms with Crippen molar-refractivity contribution in [1.82, 2.24) is 15.2 Å². The average Bonchev–Trinajstić information content (AvgIpc) is 2.97. The van der Waals surface area contributed by atoms with E-state index in [4.69, 9.17) is 4.74 Å². The Kier molecular flexibility index (Phi) is 5.21.